The standard InChI is InChI=1S/C21H20Cl2F3NO3/c1-3-30-20(29)18(11-13-5-4-6-15(9-13)21(24,25)26)27(2)19(28)12-14-7-8-16(22)17(23)10-14/h4-10,18H,3,11-12H2,1-2H3. The summed E-state index contributed by atoms with van der Waals surface area (Å²) in [5.74, 6) is -1.11. The molecule has 0 aliphatic carbocycles. The van der Waals surface area contributed by atoms with Gasteiger partial charge >= 0.3 is 12.1 Å². The maximum absolute atomic E-state index is 13.0. The maximum atomic E-state index is 13.0. The average Bonchev–Trinajstić information content (AvgIpc) is 2.68. The van der Waals surface area contributed by atoms with Gasteiger partial charge in [-0.3, -0.25) is 4.79 Å². The van der Waals surface area contributed by atoms with Crippen LogP contribution in [0.25, 0.3) is 0 Å². The molecule has 0 N–H and O–H groups in total. The lowest BCUT2D eigenvalue weighted by atomic mass is 10.0. The minimum atomic E-state index is -4.51. The number of amides is 1. The lowest BCUT2D eigenvalue weighted by Gasteiger charge is -2.27. The largest absolute Gasteiger partial charge is 0.464 e. The summed E-state index contributed by atoms with van der Waals surface area (Å²) in [6.07, 6.45) is -4.69. The first-order valence-corrected chi connectivity index (χ1v) is 9.80. The SMILES string of the molecule is CCOC(=O)C(Cc1cccc(C(F)(F)F)c1)N(C)C(=O)Cc1ccc(Cl)c(Cl)c1. The molecule has 0 aromatic heterocycles. The summed E-state index contributed by atoms with van der Waals surface area (Å²) in [6.45, 7) is 1.68. The van der Waals surface area contributed by atoms with Crippen molar-refractivity contribution in [1.29, 1.82) is 0 Å². The number of alkyl halides is 3. The van der Waals surface area contributed by atoms with E-state index in [1.54, 1.807) is 25.1 Å². The van der Waals surface area contributed by atoms with Crippen LogP contribution in [0.5, 0.6) is 0 Å². The van der Waals surface area contributed by atoms with Gasteiger partial charge in [0.05, 0.1) is 28.6 Å². The molecule has 0 fully saturated rings. The van der Waals surface area contributed by atoms with Gasteiger partial charge in [0.15, 0.2) is 0 Å². The van der Waals surface area contributed by atoms with Crippen molar-refractivity contribution in [3.63, 3.8) is 0 Å². The highest BCUT2D eigenvalue weighted by Gasteiger charge is 2.32. The first kappa shape index (κ1) is 24.0. The van der Waals surface area contributed by atoms with Gasteiger partial charge in [0.1, 0.15) is 6.04 Å². The van der Waals surface area contributed by atoms with Crippen LogP contribution in [0.4, 0.5) is 13.2 Å². The van der Waals surface area contributed by atoms with E-state index < -0.39 is 29.7 Å². The van der Waals surface area contributed by atoms with Crippen LogP contribution in [0, 0.1) is 0 Å². The highest BCUT2D eigenvalue weighted by atomic mass is 35.5. The second-order valence-corrected chi connectivity index (χ2v) is 7.41. The van der Waals surface area contributed by atoms with E-state index in [2.05, 4.69) is 0 Å². The second kappa shape index (κ2) is 10.2. The molecule has 4 nitrogen and oxygen atoms in total. The first-order chi connectivity index (χ1) is 14.0. The predicted octanol–water partition coefficient (Wildman–Crippen LogP) is 5.19. The molecule has 2 aromatic rings. The number of hydrogen-bond acceptors (Lipinski definition) is 3. The molecule has 0 radical (unpaired) electrons. The number of hydrogen-bond donors (Lipinski definition) is 0. The number of carbonyl (C=O) groups is 2. The van der Waals surface area contributed by atoms with Gasteiger partial charge in [-0.15, -0.1) is 0 Å². The predicted molar refractivity (Wildman–Crippen MR) is 109 cm³/mol. The number of halogens is 5. The van der Waals surface area contributed by atoms with Crippen LogP contribution in [-0.4, -0.2) is 36.5 Å². The van der Waals surface area contributed by atoms with Gasteiger partial charge in [-0.2, -0.15) is 13.2 Å². The Morgan fingerprint density at radius 1 is 1.07 bits per heavy atom. The van der Waals surface area contributed by atoms with Crippen LogP contribution in [0.3, 0.4) is 0 Å². The van der Waals surface area contributed by atoms with E-state index in [9.17, 15) is 22.8 Å². The molecule has 0 bridgehead atoms. The molecule has 2 rings (SSSR count). The third kappa shape index (κ3) is 6.37. The molecule has 0 aliphatic rings. The van der Waals surface area contributed by atoms with E-state index in [1.165, 1.54) is 24.1 Å². The molecule has 30 heavy (non-hydrogen) atoms. The molecule has 162 valence electrons. The summed E-state index contributed by atoms with van der Waals surface area (Å²) in [5, 5.41) is 0.630. The van der Waals surface area contributed by atoms with Gasteiger partial charge in [-0.1, -0.05) is 47.5 Å². The smallest absolute Gasteiger partial charge is 0.416 e. The first-order valence-electron chi connectivity index (χ1n) is 9.05. The normalized spacial score (nSPS) is 12.4. The quantitative estimate of drug-likeness (QED) is 0.533. The van der Waals surface area contributed by atoms with Gasteiger partial charge in [-0.25, -0.2) is 4.79 Å². The van der Waals surface area contributed by atoms with Crippen molar-refractivity contribution in [2.45, 2.75) is 32.0 Å². The highest BCUT2D eigenvalue weighted by Crippen LogP contribution is 2.30. The van der Waals surface area contributed by atoms with E-state index in [4.69, 9.17) is 27.9 Å². The third-order valence-electron chi connectivity index (χ3n) is 4.44. The van der Waals surface area contributed by atoms with E-state index in [0.717, 1.165) is 12.1 Å². The zero-order valence-corrected chi connectivity index (χ0v) is 17.8. The third-order valence-corrected chi connectivity index (χ3v) is 5.18. The molecule has 2 aromatic carbocycles. The topological polar surface area (TPSA) is 46.6 Å². The summed E-state index contributed by atoms with van der Waals surface area (Å²) in [7, 11) is 1.41. The Morgan fingerprint density at radius 3 is 2.37 bits per heavy atom. The van der Waals surface area contributed by atoms with Crippen molar-refractivity contribution in [3.05, 3.63) is 69.2 Å². The van der Waals surface area contributed by atoms with Crippen molar-refractivity contribution in [2.24, 2.45) is 0 Å². The van der Waals surface area contributed by atoms with E-state index >= 15 is 0 Å². The van der Waals surface area contributed by atoms with E-state index in [1.807, 2.05) is 0 Å². The Kier molecular flexibility index (Phi) is 8.15. The summed E-state index contributed by atoms with van der Waals surface area (Å²) in [6, 6.07) is 8.29. The molecule has 1 atom stereocenters. The average molecular weight is 462 g/mol. The van der Waals surface area contributed by atoms with E-state index in [-0.39, 0.29) is 30.0 Å². The van der Waals surface area contributed by atoms with Crippen molar-refractivity contribution in [2.75, 3.05) is 13.7 Å². The summed E-state index contributed by atoms with van der Waals surface area (Å²) in [4.78, 5) is 26.4. The number of rotatable bonds is 7. The summed E-state index contributed by atoms with van der Waals surface area (Å²) >= 11 is 11.8. The number of carbonyl (C=O) groups excluding carboxylic acids is 2. The molecule has 0 aliphatic heterocycles. The Bertz CT molecular complexity index is 919. The zero-order chi connectivity index (χ0) is 22.5. The number of ether oxygens (including phenoxy) is 1. The maximum Gasteiger partial charge on any atom is 0.416 e. The monoisotopic (exact) mass is 461 g/mol. The summed E-state index contributed by atoms with van der Waals surface area (Å²) < 4.78 is 44.0. The second-order valence-electron chi connectivity index (χ2n) is 6.60. The molecular weight excluding hydrogens is 442 g/mol. The van der Waals surface area contributed by atoms with Crippen molar-refractivity contribution >= 4 is 35.1 Å². The fraction of sp³-hybridized carbons (Fsp3) is 0.333. The summed E-state index contributed by atoms with van der Waals surface area (Å²) in [5.41, 5.74) is 0.0207. The Hall–Kier alpha value is -2.25. The van der Waals surface area contributed by atoms with Gasteiger partial charge in [0, 0.05) is 13.5 Å². The highest BCUT2D eigenvalue weighted by molar-refractivity contribution is 6.42. The van der Waals surface area contributed by atoms with Gasteiger partial charge in [0.2, 0.25) is 5.91 Å². The van der Waals surface area contributed by atoms with Gasteiger partial charge in [0.25, 0.3) is 0 Å². The lowest BCUT2D eigenvalue weighted by molar-refractivity contribution is -0.153. The fourth-order valence-electron chi connectivity index (χ4n) is 2.84. The number of benzene rings is 2. The van der Waals surface area contributed by atoms with Crippen LogP contribution in [-0.2, 0) is 33.3 Å². The van der Waals surface area contributed by atoms with Crippen LogP contribution in [0.1, 0.15) is 23.6 Å². The number of likely N-dealkylation sites (N-methyl/N-ethyl adjacent to an activating group) is 1. The Labute approximate surface area is 182 Å². The fourth-order valence-corrected chi connectivity index (χ4v) is 3.16. The molecule has 0 spiro atoms. The molecule has 0 heterocycles. The minimum Gasteiger partial charge on any atom is -0.464 e. The Balaban J connectivity index is 2.24. The molecule has 1 unspecified atom stereocenters. The number of esters is 1. The molecule has 0 saturated heterocycles. The van der Waals surface area contributed by atoms with Gasteiger partial charge < -0.3 is 9.64 Å². The van der Waals surface area contributed by atoms with Crippen LogP contribution >= 0.6 is 23.2 Å². The molecule has 1 amide bonds. The van der Waals surface area contributed by atoms with Crippen LogP contribution < -0.4 is 0 Å². The Morgan fingerprint density at radius 2 is 1.77 bits per heavy atom. The van der Waals surface area contributed by atoms with E-state index in [0.29, 0.717) is 10.6 Å². The van der Waals surface area contributed by atoms with Gasteiger partial charge in [-0.05, 0) is 36.2 Å². The molecular formula is C21H20Cl2F3NO3. The van der Waals surface area contributed by atoms with Crippen molar-refractivity contribution in [3.8, 4) is 0 Å². The van der Waals surface area contributed by atoms with Crippen molar-refractivity contribution < 1.29 is 27.5 Å². The van der Waals surface area contributed by atoms with Crippen LogP contribution in [0.2, 0.25) is 10.0 Å². The number of nitrogens with zero attached hydrogens (tertiary/aromatic N) is 1. The molecule has 0 saturated carbocycles. The lowest BCUT2D eigenvalue weighted by Crippen LogP contribution is -2.45. The minimum absolute atomic E-state index is 0.0636. The van der Waals surface area contributed by atoms with Crippen molar-refractivity contribution in [1.82, 2.24) is 4.90 Å². The zero-order valence-electron chi connectivity index (χ0n) is 16.3. The van der Waals surface area contributed by atoms with Crippen LogP contribution in [0.15, 0.2) is 42.5 Å². The molecule has 9 heteroatoms.